The van der Waals surface area contributed by atoms with Crippen LogP contribution in [-0.4, -0.2) is 11.9 Å². The van der Waals surface area contributed by atoms with Crippen LogP contribution in [0.1, 0.15) is 21.5 Å². The number of ether oxygens (including phenoxy) is 1. The molecule has 0 aliphatic heterocycles. The van der Waals surface area contributed by atoms with Crippen molar-refractivity contribution in [3.8, 4) is 0 Å². The summed E-state index contributed by atoms with van der Waals surface area (Å²) < 4.78 is 11.0. The van der Waals surface area contributed by atoms with Gasteiger partial charge < -0.3 is 14.9 Å². The first kappa shape index (κ1) is 16.8. The summed E-state index contributed by atoms with van der Waals surface area (Å²) in [6, 6.07) is 18.6. The Morgan fingerprint density at radius 3 is 2.52 bits per heavy atom. The number of carbonyl (C=O) groups excluding carboxylic acids is 2. The molecule has 2 N–H and O–H groups in total. The van der Waals surface area contributed by atoms with Gasteiger partial charge in [0.05, 0.1) is 12.7 Å². The summed E-state index contributed by atoms with van der Waals surface area (Å²) in [6.45, 7) is 0.133. The minimum atomic E-state index is -0.488. The molecule has 0 spiro atoms. The number of rotatable bonds is 5. The van der Waals surface area contributed by atoms with E-state index in [2.05, 4.69) is 0 Å². The molecule has 4 rings (SSSR count). The van der Waals surface area contributed by atoms with Gasteiger partial charge in [0.15, 0.2) is 0 Å². The monoisotopic (exact) mass is 359 g/mol. The molecule has 0 unspecified atom stereocenters. The van der Waals surface area contributed by atoms with Gasteiger partial charge in [-0.15, -0.1) is 0 Å². The molecule has 4 aromatic rings. The van der Waals surface area contributed by atoms with E-state index >= 15 is 0 Å². The number of primary amides is 1. The lowest BCUT2D eigenvalue weighted by Crippen LogP contribution is -2.11. The molecule has 0 saturated heterocycles. The molecule has 1 aromatic heterocycles. The highest BCUT2D eigenvalue weighted by Crippen LogP contribution is 2.30. The second-order valence-electron chi connectivity index (χ2n) is 6.32. The molecule has 27 heavy (non-hydrogen) atoms. The smallest absolute Gasteiger partial charge is 0.310 e. The quantitative estimate of drug-likeness (QED) is 0.547. The standard InChI is InChI=1S/C22H17NO4/c23-22(25)16-7-5-14(6-8-16)12-27-20(24)11-17-13-26-19-10-9-15-3-1-2-4-18(15)21(17)19/h1-10,13H,11-12H2,(H2,23,25). The summed E-state index contributed by atoms with van der Waals surface area (Å²) in [5.74, 6) is -0.831. The van der Waals surface area contributed by atoms with E-state index in [0.717, 1.165) is 32.9 Å². The number of hydrogen-bond acceptors (Lipinski definition) is 4. The van der Waals surface area contributed by atoms with Gasteiger partial charge in [0.25, 0.3) is 0 Å². The lowest BCUT2D eigenvalue weighted by atomic mass is 10.0. The van der Waals surface area contributed by atoms with E-state index in [4.69, 9.17) is 14.9 Å². The Morgan fingerprint density at radius 1 is 0.963 bits per heavy atom. The summed E-state index contributed by atoms with van der Waals surface area (Å²) in [4.78, 5) is 23.4. The molecule has 0 bridgehead atoms. The van der Waals surface area contributed by atoms with Gasteiger partial charge in [0.1, 0.15) is 12.2 Å². The van der Waals surface area contributed by atoms with Crippen LogP contribution in [0, 0.1) is 0 Å². The van der Waals surface area contributed by atoms with Crippen molar-refractivity contribution < 1.29 is 18.7 Å². The second-order valence-corrected chi connectivity index (χ2v) is 6.32. The highest BCUT2D eigenvalue weighted by Gasteiger charge is 2.14. The minimum Gasteiger partial charge on any atom is -0.464 e. The van der Waals surface area contributed by atoms with Crippen molar-refractivity contribution in [1.82, 2.24) is 0 Å². The van der Waals surface area contributed by atoms with E-state index in [1.165, 1.54) is 0 Å². The topological polar surface area (TPSA) is 82.5 Å². The third kappa shape index (κ3) is 3.40. The average molecular weight is 359 g/mol. The van der Waals surface area contributed by atoms with Crippen molar-refractivity contribution in [1.29, 1.82) is 0 Å². The molecule has 0 radical (unpaired) electrons. The van der Waals surface area contributed by atoms with Gasteiger partial charge >= 0.3 is 5.97 Å². The van der Waals surface area contributed by atoms with Crippen molar-refractivity contribution >= 4 is 33.6 Å². The zero-order chi connectivity index (χ0) is 18.8. The molecule has 134 valence electrons. The Labute approximate surface area is 155 Å². The molecule has 0 atom stereocenters. The van der Waals surface area contributed by atoms with Crippen molar-refractivity contribution in [2.24, 2.45) is 5.73 Å². The number of amides is 1. The Bertz CT molecular complexity index is 1140. The maximum absolute atomic E-state index is 12.3. The maximum atomic E-state index is 12.3. The number of fused-ring (bicyclic) bond motifs is 3. The number of nitrogens with two attached hydrogens (primary N) is 1. The summed E-state index contributed by atoms with van der Waals surface area (Å²) >= 11 is 0. The Hall–Kier alpha value is -3.60. The van der Waals surface area contributed by atoms with Crippen LogP contribution in [0.25, 0.3) is 21.7 Å². The van der Waals surface area contributed by atoms with Crippen LogP contribution in [0.15, 0.2) is 71.3 Å². The van der Waals surface area contributed by atoms with E-state index in [1.807, 2.05) is 36.4 Å². The van der Waals surface area contributed by atoms with E-state index in [0.29, 0.717) is 5.56 Å². The van der Waals surface area contributed by atoms with Crippen molar-refractivity contribution in [3.63, 3.8) is 0 Å². The number of carbonyl (C=O) groups is 2. The third-order valence-corrected chi connectivity index (χ3v) is 4.51. The van der Waals surface area contributed by atoms with Crippen LogP contribution in [0.5, 0.6) is 0 Å². The summed E-state index contributed by atoms with van der Waals surface area (Å²) in [5.41, 5.74) is 7.97. The van der Waals surface area contributed by atoms with Gasteiger partial charge in [-0.1, -0.05) is 42.5 Å². The highest BCUT2D eigenvalue weighted by molar-refractivity contribution is 6.08. The molecule has 0 aliphatic carbocycles. The van der Waals surface area contributed by atoms with Crippen LogP contribution >= 0.6 is 0 Å². The Balaban J connectivity index is 1.50. The first-order valence-corrected chi connectivity index (χ1v) is 8.54. The molecule has 0 aliphatic rings. The normalized spacial score (nSPS) is 11.0. The largest absolute Gasteiger partial charge is 0.464 e. The van der Waals surface area contributed by atoms with Crippen LogP contribution in [0.4, 0.5) is 0 Å². The van der Waals surface area contributed by atoms with E-state index < -0.39 is 5.91 Å². The van der Waals surface area contributed by atoms with Crippen LogP contribution < -0.4 is 5.73 Å². The minimum absolute atomic E-state index is 0.125. The fourth-order valence-electron chi connectivity index (χ4n) is 3.14. The Kier molecular flexibility index (Phi) is 4.34. The molecule has 3 aromatic carbocycles. The van der Waals surface area contributed by atoms with Gasteiger partial charge in [-0.25, -0.2) is 0 Å². The molecule has 0 saturated carbocycles. The van der Waals surface area contributed by atoms with Crippen molar-refractivity contribution in [2.75, 3.05) is 0 Å². The zero-order valence-electron chi connectivity index (χ0n) is 14.5. The average Bonchev–Trinajstić information content (AvgIpc) is 3.10. The van der Waals surface area contributed by atoms with Crippen LogP contribution in [0.3, 0.4) is 0 Å². The number of esters is 1. The predicted molar refractivity (Wildman–Crippen MR) is 102 cm³/mol. The first-order valence-electron chi connectivity index (χ1n) is 8.54. The number of hydrogen-bond donors (Lipinski definition) is 1. The summed E-state index contributed by atoms with van der Waals surface area (Å²) in [7, 11) is 0. The predicted octanol–water partition coefficient (Wildman–Crippen LogP) is 3.97. The molecule has 5 nitrogen and oxygen atoms in total. The first-order chi connectivity index (χ1) is 13.1. The van der Waals surface area contributed by atoms with Crippen LogP contribution in [0.2, 0.25) is 0 Å². The second kappa shape index (κ2) is 6.96. The lowest BCUT2D eigenvalue weighted by molar-refractivity contribution is -0.144. The van der Waals surface area contributed by atoms with Gasteiger partial charge in [-0.2, -0.15) is 0 Å². The van der Waals surface area contributed by atoms with Gasteiger partial charge in [-0.3, -0.25) is 9.59 Å². The zero-order valence-corrected chi connectivity index (χ0v) is 14.5. The van der Waals surface area contributed by atoms with Gasteiger partial charge in [0, 0.05) is 16.5 Å². The maximum Gasteiger partial charge on any atom is 0.310 e. The summed E-state index contributed by atoms with van der Waals surface area (Å²) in [5, 5.41) is 3.08. The highest BCUT2D eigenvalue weighted by atomic mass is 16.5. The SMILES string of the molecule is NC(=O)c1ccc(COC(=O)Cc2coc3ccc4ccccc4c23)cc1. The molecule has 5 heteroatoms. The van der Waals surface area contributed by atoms with Crippen molar-refractivity contribution in [3.05, 3.63) is 83.6 Å². The lowest BCUT2D eigenvalue weighted by Gasteiger charge is -2.06. The van der Waals surface area contributed by atoms with Crippen molar-refractivity contribution in [2.45, 2.75) is 13.0 Å². The summed E-state index contributed by atoms with van der Waals surface area (Å²) in [6.07, 6.45) is 1.74. The fraction of sp³-hybridized carbons (Fsp3) is 0.0909. The van der Waals surface area contributed by atoms with Gasteiger partial charge in [0.2, 0.25) is 5.91 Å². The molecule has 1 amide bonds. The fourth-order valence-corrected chi connectivity index (χ4v) is 3.14. The molecule has 0 fully saturated rings. The van der Waals surface area contributed by atoms with Gasteiger partial charge in [-0.05, 0) is 34.5 Å². The number of furan rings is 1. The number of benzene rings is 3. The van der Waals surface area contributed by atoms with E-state index in [9.17, 15) is 9.59 Å². The van der Waals surface area contributed by atoms with Crippen LogP contribution in [-0.2, 0) is 22.6 Å². The Morgan fingerprint density at radius 2 is 1.74 bits per heavy atom. The molecular weight excluding hydrogens is 342 g/mol. The third-order valence-electron chi connectivity index (χ3n) is 4.51. The molecule has 1 heterocycles. The molecular formula is C22H17NO4. The van der Waals surface area contributed by atoms with E-state index in [-0.39, 0.29) is 19.0 Å². The van der Waals surface area contributed by atoms with E-state index in [1.54, 1.807) is 30.5 Å².